The van der Waals surface area contributed by atoms with Crippen molar-refractivity contribution >= 4 is 0 Å². The van der Waals surface area contributed by atoms with Crippen LogP contribution in [0.3, 0.4) is 0 Å². The van der Waals surface area contributed by atoms with Gasteiger partial charge in [-0.2, -0.15) is 0 Å². The average Bonchev–Trinajstić information content (AvgIpc) is 2.03. The van der Waals surface area contributed by atoms with Gasteiger partial charge in [0.25, 0.3) is 0 Å². The summed E-state index contributed by atoms with van der Waals surface area (Å²) in [6.45, 7) is 6.98. The zero-order valence-electron chi connectivity index (χ0n) is 8.21. The van der Waals surface area contributed by atoms with Gasteiger partial charge in [0.05, 0.1) is 0 Å². The molecule has 0 aromatic rings. The van der Waals surface area contributed by atoms with Gasteiger partial charge < -0.3 is 0 Å². The van der Waals surface area contributed by atoms with Crippen molar-refractivity contribution in [2.75, 3.05) is 13.1 Å². The Kier molecular flexibility index (Phi) is 3.62. The highest BCUT2D eigenvalue weighted by Crippen LogP contribution is 2.21. The standard InChI is InChI=1S/C11H19N/c1-4-5-7-12-8-6-10(2)9-11(12)3/h1,10-11H,5-9H2,2-3H3. The predicted octanol–water partition coefficient (Wildman–Crippen LogP) is 2.13. The van der Waals surface area contributed by atoms with Crippen LogP contribution in [0.15, 0.2) is 0 Å². The second-order valence-electron chi connectivity index (χ2n) is 3.97. The Balaban J connectivity index is 2.30. The molecule has 0 aromatic carbocycles. The molecule has 0 amide bonds. The molecule has 1 heterocycles. The third-order valence-corrected chi connectivity index (χ3v) is 2.82. The van der Waals surface area contributed by atoms with E-state index in [0.717, 1.165) is 24.9 Å². The summed E-state index contributed by atoms with van der Waals surface area (Å²) in [7, 11) is 0. The third kappa shape index (κ3) is 2.53. The van der Waals surface area contributed by atoms with Crippen LogP contribution in [0.2, 0.25) is 0 Å². The van der Waals surface area contributed by atoms with E-state index in [9.17, 15) is 0 Å². The predicted molar refractivity (Wildman–Crippen MR) is 52.9 cm³/mol. The Morgan fingerprint density at radius 2 is 2.25 bits per heavy atom. The van der Waals surface area contributed by atoms with E-state index in [1.807, 2.05) is 0 Å². The number of nitrogens with zero attached hydrogens (tertiary/aromatic N) is 1. The maximum absolute atomic E-state index is 5.24. The number of terminal acetylenes is 1. The van der Waals surface area contributed by atoms with Crippen LogP contribution in [0.4, 0.5) is 0 Å². The van der Waals surface area contributed by atoms with Gasteiger partial charge in [-0.3, -0.25) is 4.90 Å². The molecular formula is C11H19N. The van der Waals surface area contributed by atoms with E-state index < -0.39 is 0 Å². The molecule has 2 unspecified atom stereocenters. The Morgan fingerprint density at radius 1 is 1.50 bits per heavy atom. The smallest absolute Gasteiger partial charge is 0.0214 e. The molecule has 0 aromatic heterocycles. The van der Waals surface area contributed by atoms with Gasteiger partial charge in [0.15, 0.2) is 0 Å². The summed E-state index contributed by atoms with van der Waals surface area (Å²) in [4.78, 5) is 2.51. The van der Waals surface area contributed by atoms with Crippen LogP contribution in [0.25, 0.3) is 0 Å². The SMILES string of the molecule is C#CCCN1CCC(C)CC1C. The topological polar surface area (TPSA) is 3.24 Å². The molecule has 1 heteroatoms. The Hall–Kier alpha value is -0.480. The van der Waals surface area contributed by atoms with Crippen molar-refractivity contribution in [1.29, 1.82) is 0 Å². The van der Waals surface area contributed by atoms with Crippen LogP contribution in [0.5, 0.6) is 0 Å². The fourth-order valence-corrected chi connectivity index (χ4v) is 2.00. The van der Waals surface area contributed by atoms with Crippen LogP contribution in [-0.4, -0.2) is 24.0 Å². The van der Waals surface area contributed by atoms with Crippen molar-refractivity contribution in [3.63, 3.8) is 0 Å². The van der Waals surface area contributed by atoms with Gasteiger partial charge in [0.2, 0.25) is 0 Å². The quantitative estimate of drug-likeness (QED) is 0.567. The van der Waals surface area contributed by atoms with Crippen molar-refractivity contribution in [3.8, 4) is 12.3 Å². The van der Waals surface area contributed by atoms with Gasteiger partial charge >= 0.3 is 0 Å². The van der Waals surface area contributed by atoms with Crippen molar-refractivity contribution in [2.45, 2.75) is 39.2 Å². The summed E-state index contributed by atoms with van der Waals surface area (Å²) in [6, 6.07) is 0.738. The summed E-state index contributed by atoms with van der Waals surface area (Å²) < 4.78 is 0. The minimum atomic E-state index is 0.738. The lowest BCUT2D eigenvalue weighted by molar-refractivity contribution is 0.132. The minimum absolute atomic E-state index is 0.738. The van der Waals surface area contributed by atoms with Gasteiger partial charge in [-0.1, -0.05) is 6.92 Å². The van der Waals surface area contributed by atoms with E-state index in [1.54, 1.807) is 0 Å². The van der Waals surface area contributed by atoms with Crippen molar-refractivity contribution in [3.05, 3.63) is 0 Å². The molecule has 1 saturated heterocycles. The molecule has 0 saturated carbocycles. The second kappa shape index (κ2) is 4.52. The Labute approximate surface area is 76.1 Å². The molecule has 0 spiro atoms. The maximum atomic E-state index is 5.24. The van der Waals surface area contributed by atoms with Crippen LogP contribution in [-0.2, 0) is 0 Å². The molecule has 1 fully saturated rings. The lowest BCUT2D eigenvalue weighted by Crippen LogP contribution is -2.40. The zero-order chi connectivity index (χ0) is 8.97. The molecule has 0 radical (unpaired) electrons. The molecule has 1 aliphatic rings. The molecule has 0 N–H and O–H groups in total. The van der Waals surface area contributed by atoms with Gasteiger partial charge in [0.1, 0.15) is 0 Å². The van der Waals surface area contributed by atoms with Crippen LogP contribution in [0, 0.1) is 18.3 Å². The molecule has 0 bridgehead atoms. The van der Waals surface area contributed by atoms with E-state index in [-0.39, 0.29) is 0 Å². The first-order chi connectivity index (χ1) is 5.74. The molecule has 2 atom stereocenters. The van der Waals surface area contributed by atoms with E-state index in [2.05, 4.69) is 24.7 Å². The number of likely N-dealkylation sites (tertiary alicyclic amines) is 1. The van der Waals surface area contributed by atoms with Crippen molar-refractivity contribution < 1.29 is 0 Å². The van der Waals surface area contributed by atoms with Gasteiger partial charge in [-0.05, 0) is 32.2 Å². The monoisotopic (exact) mass is 165 g/mol. The lowest BCUT2D eigenvalue weighted by Gasteiger charge is -2.36. The Morgan fingerprint density at radius 3 is 2.83 bits per heavy atom. The van der Waals surface area contributed by atoms with E-state index in [4.69, 9.17) is 6.42 Å². The lowest BCUT2D eigenvalue weighted by atomic mass is 9.93. The minimum Gasteiger partial charge on any atom is -0.300 e. The summed E-state index contributed by atoms with van der Waals surface area (Å²) in [5, 5.41) is 0. The zero-order valence-corrected chi connectivity index (χ0v) is 8.21. The molecule has 1 aliphatic heterocycles. The summed E-state index contributed by atoms with van der Waals surface area (Å²) in [6.07, 6.45) is 8.82. The normalized spacial score (nSPS) is 31.4. The van der Waals surface area contributed by atoms with E-state index in [0.29, 0.717) is 0 Å². The number of hydrogen-bond acceptors (Lipinski definition) is 1. The highest BCUT2D eigenvalue weighted by Gasteiger charge is 2.21. The number of hydrogen-bond donors (Lipinski definition) is 0. The van der Waals surface area contributed by atoms with Crippen LogP contribution < -0.4 is 0 Å². The van der Waals surface area contributed by atoms with E-state index in [1.165, 1.54) is 19.4 Å². The summed E-state index contributed by atoms with van der Waals surface area (Å²) in [5.74, 6) is 3.61. The van der Waals surface area contributed by atoms with E-state index >= 15 is 0 Å². The van der Waals surface area contributed by atoms with Gasteiger partial charge in [-0.25, -0.2) is 0 Å². The number of rotatable bonds is 2. The van der Waals surface area contributed by atoms with Gasteiger partial charge in [0, 0.05) is 19.0 Å². The van der Waals surface area contributed by atoms with Crippen LogP contribution >= 0.6 is 0 Å². The van der Waals surface area contributed by atoms with Crippen molar-refractivity contribution in [1.82, 2.24) is 4.90 Å². The van der Waals surface area contributed by atoms with Gasteiger partial charge in [-0.15, -0.1) is 12.3 Å². The number of piperidine rings is 1. The molecule has 68 valence electrons. The average molecular weight is 165 g/mol. The second-order valence-corrected chi connectivity index (χ2v) is 3.97. The maximum Gasteiger partial charge on any atom is 0.0214 e. The molecule has 1 rings (SSSR count). The summed E-state index contributed by atoms with van der Waals surface area (Å²) in [5.41, 5.74) is 0. The van der Waals surface area contributed by atoms with Crippen molar-refractivity contribution in [2.24, 2.45) is 5.92 Å². The third-order valence-electron chi connectivity index (χ3n) is 2.82. The van der Waals surface area contributed by atoms with Crippen LogP contribution in [0.1, 0.15) is 33.1 Å². The largest absolute Gasteiger partial charge is 0.300 e. The molecule has 12 heavy (non-hydrogen) atoms. The first-order valence-corrected chi connectivity index (χ1v) is 4.91. The Bertz CT molecular complexity index is 168. The fourth-order valence-electron chi connectivity index (χ4n) is 2.00. The summed E-state index contributed by atoms with van der Waals surface area (Å²) >= 11 is 0. The highest BCUT2D eigenvalue weighted by atomic mass is 15.2. The molecular weight excluding hydrogens is 146 g/mol. The highest BCUT2D eigenvalue weighted by molar-refractivity contribution is 4.86. The molecule has 0 aliphatic carbocycles. The molecule has 1 nitrogen and oxygen atoms in total. The first-order valence-electron chi connectivity index (χ1n) is 4.91. The first kappa shape index (κ1) is 9.61. The fraction of sp³-hybridized carbons (Fsp3) is 0.818.